The minimum Gasteiger partial charge on any atom is -0.493 e. The lowest BCUT2D eigenvalue weighted by Crippen LogP contribution is -2.36. The van der Waals surface area contributed by atoms with Crippen molar-refractivity contribution in [3.05, 3.63) is 48.0 Å². The monoisotopic (exact) mass is 356 g/mol. The summed E-state index contributed by atoms with van der Waals surface area (Å²) in [7, 11) is 4.74. The number of nitrogens with zero attached hydrogens (tertiary/aromatic N) is 1. The van der Waals surface area contributed by atoms with E-state index < -0.39 is 0 Å². The Morgan fingerprint density at radius 3 is 2.15 bits per heavy atom. The van der Waals surface area contributed by atoms with E-state index in [1.807, 2.05) is 47.4 Å². The molecule has 0 radical (unpaired) electrons. The van der Waals surface area contributed by atoms with Crippen molar-refractivity contribution in [3.8, 4) is 17.2 Å². The van der Waals surface area contributed by atoms with Gasteiger partial charge in [0, 0.05) is 18.3 Å². The number of anilines is 1. The van der Waals surface area contributed by atoms with Crippen molar-refractivity contribution in [1.29, 1.82) is 0 Å². The number of hydrogen-bond acceptors (Lipinski definition) is 4. The van der Waals surface area contributed by atoms with Crippen LogP contribution in [0, 0.1) is 0 Å². The molecule has 0 spiro atoms. The number of methoxy groups -OCH3 is 3. The minimum absolute atomic E-state index is 0.104. The molecule has 0 aromatic heterocycles. The van der Waals surface area contributed by atoms with Crippen LogP contribution in [0.2, 0.25) is 0 Å². The highest BCUT2D eigenvalue weighted by Gasteiger charge is 2.33. The van der Waals surface area contributed by atoms with E-state index in [1.165, 1.54) is 0 Å². The van der Waals surface area contributed by atoms with E-state index in [-0.39, 0.29) is 12.1 Å². The van der Waals surface area contributed by atoms with Gasteiger partial charge < -0.3 is 24.4 Å². The summed E-state index contributed by atoms with van der Waals surface area (Å²) in [5.41, 5.74) is 1.71. The van der Waals surface area contributed by atoms with Crippen LogP contribution >= 0.6 is 0 Å². The molecule has 1 aliphatic carbocycles. The fraction of sp³-hybridized carbons (Fsp3) is 0.350. The van der Waals surface area contributed by atoms with Crippen molar-refractivity contribution in [2.75, 3.05) is 26.6 Å². The molecule has 0 aliphatic heterocycles. The second kappa shape index (κ2) is 7.99. The lowest BCUT2D eigenvalue weighted by Gasteiger charge is -2.24. The Labute approximate surface area is 153 Å². The highest BCUT2D eigenvalue weighted by molar-refractivity contribution is 5.89. The quantitative estimate of drug-likeness (QED) is 0.817. The molecular weight excluding hydrogens is 332 g/mol. The first-order chi connectivity index (χ1) is 12.7. The number of amides is 2. The maximum Gasteiger partial charge on any atom is 0.322 e. The van der Waals surface area contributed by atoms with Crippen molar-refractivity contribution >= 4 is 11.7 Å². The first-order valence-electron chi connectivity index (χ1n) is 8.57. The molecule has 6 nitrogen and oxygen atoms in total. The summed E-state index contributed by atoms with van der Waals surface area (Å²) >= 11 is 0. The minimum atomic E-state index is -0.104. The van der Waals surface area contributed by atoms with Crippen LogP contribution in [-0.4, -0.2) is 38.3 Å². The molecule has 0 bridgehead atoms. The number of benzene rings is 2. The fourth-order valence-electron chi connectivity index (χ4n) is 2.89. The molecule has 6 heteroatoms. The van der Waals surface area contributed by atoms with Crippen molar-refractivity contribution in [2.24, 2.45) is 0 Å². The molecule has 2 aromatic carbocycles. The number of hydrogen-bond donors (Lipinski definition) is 1. The maximum absolute atomic E-state index is 12.8. The van der Waals surface area contributed by atoms with Crippen molar-refractivity contribution in [2.45, 2.75) is 25.4 Å². The Kier molecular flexibility index (Phi) is 5.51. The zero-order valence-corrected chi connectivity index (χ0v) is 15.3. The van der Waals surface area contributed by atoms with E-state index in [4.69, 9.17) is 14.2 Å². The molecule has 138 valence electrons. The normalized spacial score (nSPS) is 13.0. The topological polar surface area (TPSA) is 60.0 Å². The van der Waals surface area contributed by atoms with Crippen LogP contribution in [0.1, 0.15) is 18.4 Å². The van der Waals surface area contributed by atoms with Gasteiger partial charge in [0.25, 0.3) is 0 Å². The molecule has 1 N–H and O–H groups in total. The SMILES string of the molecule is COc1cc(CN(C(=O)Nc2ccccc2)C2CC2)cc(OC)c1OC. The highest BCUT2D eigenvalue weighted by Crippen LogP contribution is 2.39. The predicted octanol–water partition coefficient (Wildman–Crippen LogP) is 3.91. The average molecular weight is 356 g/mol. The third kappa shape index (κ3) is 4.02. The van der Waals surface area contributed by atoms with Crippen molar-refractivity contribution in [3.63, 3.8) is 0 Å². The number of carbonyl (C=O) groups is 1. The van der Waals surface area contributed by atoms with Gasteiger partial charge in [-0.15, -0.1) is 0 Å². The number of carbonyl (C=O) groups excluding carboxylic acids is 1. The third-order valence-electron chi connectivity index (χ3n) is 4.35. The zero-order valence-electron chi connectivity index (χ0n) is 15.3. The Bertz CT molecular complexity index is 735. The zero-order chi connectivity index (χ0) is 18.5. The smallest absolute Gasteiger partial charge is 0.322 e. The summed E-state index contributed by atoms with van der Waals surface area (Å²) in [4.78, 5) is 14.6. The molecule has 1 fully saturated rings. The number of para-hydroxylation sites is 1. The first kappa shape index (κ1) is 17.9. The van der Waals surface area contributed by atoms with Crippen LogP contribution in [-0.2, 0) is 6.54 Å². The molecular formula is C20H24N2O4. The number of ether oxygens (including phenoxy) is 3. The van der Waals surface area contributed by atoms with E-state index in [0.717, 1.165) is 24.1 Å². The van der Waals surface area contributed by atoms with Gasteiger partial charge in [0.2, 0.25) is 5.75 Å². The van der Waals surface area contributed by atoms with E-state index in [1.54, 1.807) is 21.3 Å². The Balaban J connectivity index is 1.81. The summed E-state index contributed by atoms with van der Waals surface area (Å²) in [6.45, 7) is 0.472. The molecule has 26 heavy (non-hydrogen) atoms. The summed E-state index contributed by atoms with van der Waals surface area (Å²) in [5.74, 6) is 1.72. The van der Waals surface area contributed by atoms with Crippen LogP contribution in [0.15, 0.2) is 42.5 Å². The Morgan fingerprint density at radius 1 is 1.04 bits per heavy atom. The molecule has 0 atom stereocenters. The van der Waals surface area contributed by atoms with E-state index in [0.29, 0.717) is 23.8 Å². The van der Waals surface area contributed by atoms with Crippen LogP contribution < -0.4 is 19.5 Å². The summed E-state index contributed by atoms with van der Waals surface area (Å²) < 4.78 is 16.2. The van der Waals surface area contributed by atoms with E-state index in [9.17, 15) is 4.79 Å². The van der Waals surface area contributed by atoms with Crippen LogP contribution in [0.4, 0.5) is 10.5 Å². The third-order valence-corrected chi connectivity index (χ3v) is 4.35. The number of urea groups is 1. The second-order valence-corrected chi connectivity index (χ2v) is 6.19. The Morgan fingerprint density at radius 2 is 1.65 bits per heavy atom. The van der Waals surface area contributed by atoms with Gasteiger partial charge >= 0.3 is 6.03 Å². The van der Waals surface area contributed by atoms with Crippen LogP contribution in [0.5, 0.6) is 17.2 Å². The Hall–Kier alpha value is -2.89. The molecule has 2 amide bonds. The average Bonchev–Trinajstić information content (AvgIpc) is 3.50. The standard InChI is InChI=1S/C20H24N2O4/c1-24-17-11-14(12-18(25-2)19(17)26-3)13-22(16-9-10-16)20(23)21-15-7-5-4-6-8-15/h4-8,11-12,16H,9-10,13H2,1-3H3,(H,21,23). The van der Waals surface area contributed by atoms with Gasteiger partial charge in [-0.2, -0.15) is 0 Å². The molecule has 0 unspecified atom stereocenters. The lowest BCUT2D eigenvalue weighted by molar-refractivity contribution is 0.206. The first-order valence-corrected chi connectivity index (χ1v) is 8.57. The summed E-state index contributed by atoms with van der Waals surface area (Å²) in [6, 6.07) is 13.4. The fourth-order valence-corrected chi connectivity index (χ4v) is 2.89. The summed E-state index contributed by atoms with van der Waals surface area (Å²) in [6.07, 6.45) is 2.04. The van der Waals surface area contributed by atoms with Gasteiger partial charge in [0.15, 0.2) is 11.5 Å². The molecule has 2 aromatic rings. The predicted molar refractivity (Wildman–Crippen MR) is 100 cm³/mol. The molecule has 3 rings (SSSR count). The van der Waals surface area contributed by atoms with E-state index in [2.05, 4.69) is 5.32 Å². The molecule has 1 aliphatic rings. The largest absolute Gasteiger partial charge is 0.493 e. The van der Waals surface area contributed by atoms with Gasteiger partial charge in [-0.3, -0.25) is 0 Å². The second-order valence-electron chi connectivity index (χ2n) is 6.19. The van der Waals surface area contributed by atoms with Gasteiger partial charge in [-0.05, 0) is 42.7 Å². The number of rotatable bonds is 7. The van der Waals surface area contributed by atoms with Gasteiger partial charge in [0.05, 0.1) is 21.3 Å². The molecule has 0 saturated heterocycles. The van der Waals surface area contributed by atoms with Gasteiger partial charge in [-0.25, -0.2) is 4.79 Å². The van der Waals surface area contributed by atoms with Crippen LogP contribution in [0.3, 0.4) is 0 Å². The molecule has 0 heterocycles. The number of nitrogens with one attached hydrogen (secondary N) is 1. The summed E-state index contributed by atoms with van der Waals surface area (Å²) in [5, 5.41) is 2.96. The van der Waals surface area contributed by atoms with Gasteiger partial charge in [0.1, 0.15) is 0 Å². The maximum atomic E-state index is 12.8. The van der Waals surface area contributed by atoms with E-state index >= 15 is 0 Å². The molecule has 1 saturated carbocycles. The lowest BCUT2D eigenvalue weighted by atomic mass is 10.1. The van der Waals surface area contributed by atoms with Crippen molar-refractivity contribution < 1.29 is 19.0 Å². The van der Waals surface area contributed by atoms with Gasteiger partial charge in [-0.1, -0.05) is 18.2 Å². The van der Waals surface area contributed by atoms with Crippen LogP contribution in [0.25, 0.3) is 0 Å². The van der Waals surface area contributed by atoms with Crippen molar-refractivity contribution in [1.82, 2.24) is 4.90 Å². The highest BCUT2D eigenvalue weighted by atomic mass is 16.5.